The average molecular weight is 899 g/mol. The zero-order chi connectivity index (χ0) is 40.8. The van der Waals surface area contributed by atoms with Gasteiger partial charge in [0.15, 0.2) is 0 Å². The van der Waals surface area contributed by atoms with Crippen LogP contribution in [0.4, 0.5) is 8.78 Å². The fourth-order valence-corrected chi connectivity index (χ4v) is 29.4. The van der Waals surface area contributed by atoms with Crippen LogP contribution in [0.2, 0.25) is 0 Å². The number of halogens is 4. The van der Waals surface area contributed by atoms with Crippen LogP contribution >= 0.6 is 24.8 Å². The van der Waals surface area contributed by atoms with E-state index in [2.05, 4.69) is 133 Å². The summed E-state index contributed by atoms with van der Waals surface area (Å²) in [6, 6.07) is 24.6. The van der Waals surface area contributed by atoms with Gasteiger partial charge in [-0.3, -0.25) is 0 Å². The van der Waals surface area contributed by atoms with E-state index in [4.69, 9.17) is 4.21 Å². The monoisotopic (exact) mass is 896 g/mol. The molecular formula is C53H62Cl2F2Zr. The Bertz CT molecular complexity index is 2520. The summed E-state index contributed by atoms with van der Waals surface area (Å²) in [4.78, 5) is 0. The van der Waals surface area contributed by atoms with E-state index in [0.29, 0.717) is 0 Å². The van der Waals surface area contributed by atoms with Crippen molar-refractivity contribution in [1.82, 2.24) is 0 Å². The summed E-state index contributed by atoms with van der Waals surface area (Å²) in [5.74, 6) is -0.530. The fourth-order valence-electron chi connectivity index (χ4n) is 11.3. The van der Waals surface area contributed by atoms with Gasteiger partial charge in [0.2, 0.25) is 0 Å². The summed E-state index contributed by atoms with van der Waals surface area (Å²) in [7, 11) is 0. The molecule has 306 valence electrons. The van der Waals surface area contributed by atoms with Crippen LogP contribution in [0.25, 0.3) is 22.3 Å². The molecule has 0 fully saturated rings. The first-order chi connectivity index (χ1) is 25.8. The molecule has 0 heterocycles. The van der Waals surface area contributed by atoms with E-state index in [9.17, 15) is 0 Å². The molecule has 0 amide bonds. The Hall–Kier alpha value is -2.97. The normalized spacial score (nSPS) is 18.0. The van der Waals surface area contributed by atoms with Gasteiger partial charge in [0.25, 0.3) is 0 Å². The van der Waals surface area contributed by atoms with Gasteiger partial charge in [-0.25, -0.2) is 0 Å². The zero-order valence-electron chi connectivity index (χ0n) is 36.9. The molecule has 8 rings (SSSR count). The van der Waals surface area contributed by atoms with Crippen molar-refractivity contribution in [3.8, 4) is 11.1 Å². The maximum atomic E-state index is 15.0. The molecule has 0 atom stereocenters. The zero-order valence-corrected chi connectivity index (χ0v) is 40.9. The van der Waals surface area contributed by atoms with Gasteiger partial charge in [0.05, 0.1) is 0 Å². The van der Waals surface area contributed by atoms with Crippen LogP contribution in [-0.2, 0) is 35.5 Å². The molecule has 0 N–H and O–H groups in total. The molecule has 58 heavy (non-hydrogen) atoms. The summed E-state index contributed by atoms with van der Waals surface area (Å²) in [6.45, 7) is 30.4. The molecule has 4 aliphatic carbocycles. The second-order valence-corrected chi connectivity index (χ2v) is 34.5. The van der Waals surface area contributed by atoms with E-state index in [-0.39, 0.29) is 58.1 Å². The number of hydrogen-bond donors (Lipinski definition) is 0. The SMILES string of the molecule is Cl.Cl.[CH2]=[Zr]([C]1=CC(C(C)(C)C)=CC1)([C]1=C(C(C)(C)C)c2cc3c(cc2C1(C)C)Cc1cc2c(cc1-3)C(C(C)(C)C)=CC2(C)C)([c]1ccc(F)cc1)[c]1ccc(F)cc1. The van der Waals surface area contributed by atoms with Crippen molar-refractivity contribution in [2.24, 2.45) is 16.2 Å². The van der Waals surface area contributed by atoms with Crippen LogP contribution in [0.5, 0.6) is 0 Å². The predicted octanol–water partition coefficient (Wildman–Crippen LogP) is 14.2. The maximum absolute atomic E-state index is 15.0. The molecule has 4 aromatic carbocycles. The average Bonchev–Trinajstić information content (AvgIpc) is 3.84. The van der Waals surface area contributed by atoms with E-state index < -0.39 is 23.7 Å². The van der Waals surface area contributed by atoms with Crippen LogP contribution in [0.15, 0.2) is 103 Å². The van der Waals surface area contributed by atoms with E-state index in [1.807, 2.05) is 24.3 Å². The molecular weight excluding hydrogens is 837 g/mol. The molecule has 5 heteroatoms. The van der Waals surface area contributed by atoms with Crippen molar-refractivity contribution in [2.45, 2.75) is 114 Å². The Labute approximate surface area is 360 Å². The molecule has 4 aliphatic rings. The third-order valence-electron chi connectivity index (χ3n) is 14.0. The van der Waals surface area contributed by atoms with Gasteiger partial charge in [0, 0.05) is 0 Å². The van der Waals surface area contributed by atoms with Gasteiger partial charge in [-0.2, -0.15) is 0 Å². The van der Waals surface area contributed by atoms with Gasteiger partial charge in [0.1, 0.15) is 0 Å². The van der Waals surface area contributed by atoms with Crippen LogP contribution in [-0.4, -0.2) is 4.21 Å². The fraction of sp³-hybridized carbons (Fsp3) is 0.377. The molecule has 0 unspecified atom stereocenters. The Kier molecular flexibility index (Phi) is 10.6. The van der Waals surface area contributed by atoms with E-state index >= 15 is 8.78 Å². The van der Waals surface area contributed by atoms with Crippen LogP contribution < -0.4 is 6.54 Å². The quantitative estimate of drug-likeness (QED) is 0.169. The molecule has 4 aromatic rings. The van der Waals surface area contributed by atoms with Crippen LogP contribution in [0.3, 0.4) is 0 Å². The minimum absolute atomic E-state index is 0. The summed E-state index contributed by atoms with van der Waals surface area (Å²) in [5.41, 5.74) is 14.2. The van der Waals surface area contributed by atoms with Crippen molar-refractivity contribution in [1.29, 1.82) is 0 Å². The van der Waals surface area contributed by atoms with Gasteiger partial charge in [-0.15, -0.1) is 24.8 Å². The molecule has 0 radical (unpaired) electrons. The van der Waals surface area contributed by atoms with Crippen LogP contribution in [0.1, 0.15) is 130 Å². The van der Waals surface area contributed by atoms with E-state index in [1.54, 1.807) is 24.3 Å². The second kappa shape index (κ2) is 13.8. The Morgan fingerprint density at radius 2 is 1.09 bits per heavy atom. The Morgan fingerprint density at radius 3 is 1.53 bits per heavy atom. The number of benzene rings is 4. The van der Waals surface area contributed by atoms with Crippen molar-refractivity contribution >= 4 is 46.7 Å². The first-order valence-electron chi connectivity index (χ1n) is 20.6. The first-order valence-corrected chi connectivity index (χ1v) is 27.3. The molecule has 0 saturated carbocycles. The summed E-state index contributed by atoms with van der Waals surface area (Å²) in [5, 5.41) is 0. The van der Waals surface area contributed by atoms with Gasteiger partial charge in [-0.1, -0.05) is 0 Å². The summed E-state index contributed by atoms with van der Waals surface area (Å²) in [6.07, 6.45) is 8.99. The number of rotatable bonds is 4. The Balaban J connectivity index is 0.00000283. The second-order valence-electron chi connectivity index (χ2n) is 21.7. The number of hydrogen-bond acceptors (Lipinski definition) is 0. The Morgan fingerprint density at radius 1 is 0.603 bits per heavy atom. The molecule has 0 aromatic heterocycles. The van der Waals surface area contributed by atoms with Crippen molar-refractivity contribution in [3.63, 3.8) is 0 Å². The van der Waals surface area contributed by atoms with Crippen LogP contribution in [0, 0.1) is 27.9 Å². The molecule has 0 saturated heterocycles. The predicted molar refractivity (Wildman–Crippen MR) is 248 cm³/mol. The molecule has 0 aliphatic heterocycles. The topological polar surface area (TPSA) is 0 Å². The number of allylic oxidation sites excluding steroid dienone is 8. The van der Waals surface area contributed by atoms with Crippen molar-refractivity contribution in [2.75, 3.05) is 0 Å². The summed E-state index contributed by atoms with van der Waals surface area (Å²) < 4.78 is 40.7. The van der Waals surface area contributed by atoms with Crippen molar-refractivity contribution in [3.05, 3.63) is 148 Å². The standard InChI is InChI=1S/C31H37.C9H13.2C6H4F.CH2.2ClH.Zr/c1-28(2,3)26-16-30(7,8)24-12-18-11-19-13-25-23(15-21(19)20(18)14-22(24)26)27(29(4,5)6)17-31(25,9)10;1-9(2,3)8-6-4-5-7-8;2*7-6-4-2-1-3-5-6;;;;/h12-16H,11H2,1-10H3;6-7H,4H2,1-3H3;2*2-5H;1H2;2*1H;. The van der Waals surface area contributed by atoms with Gasteiger partial charge in [-0.05, 0) is 0 Å². The van der Waals surface area contributed by atoms with Gasteiger partial charge < -0.3 is 0 Å². The molecule has 0 bridgehead atoms. The van der Waals surface area contributed by atoms with Gasteiger partial charge >= 0.3 is 338 Å². The van der Waals surface area contributed by atoms with Crippen molar-refractivity contribution < 1.29 is 27.1 Å². The number of fused-ring (bicyclic) bond motifs is 5. The third-order valence-corrected chi connectivity index (χ3v) is 31.1. The molecule has 0 nitrogen and oxygen atoms in total. The molecule has 0 spiro atoms. The first kappa shape index (κ1) is 44.6. The minimum atomic E-state index is -5.40. The summed E-state index contributed by atoms with van der Waals surface area (Å²) >= 11 is -5.40. The third kappa shape index (κ3) is 6.29. The van der Waals surface area contributed by atoms with E-state index in [0.717, 1.165) is 19.4 Å². The van der Waals surface area contributed by atoms with E-state index in [1.165, 1.54) is 67.8 Å².